The van der Waals surface area contributed by atoms with Crippen molar-refractivity contribution in [3.63, 3.8) is 0 Å². The minimum atomic E-state index is -0.435. The maximum atomic E-state index is 13.6. The topological polar surface area (TPSA) is 85.7 Å². The van der Waals surface area contributed by atoms with Crippen LogP contribution in [-0.4, -0.2) is 43.0 Å². The molecule has 1 amide bonds. The Morgan fingerprint density at radius 1 is 1.09 bits per heavy atom. The van der Waals surface area contributed by atoms with Crippen LogP contribution in [0, 0.1) is 11.7 Å². The van der Waals surface area contributed by atoms with E-state index in [1.807, 2.05) is 23.1 Å². The van der Waals surface area contributed by atoms with Crippen molar-refractivity contribution in [1.29, 1.82) is 0 Å². The fourth-order valence-electron chi connectivity index (χ4n) is 4.08. The number of nitrogens with zero attached hydrogens (tertiary/aromatic N) is 3. The number of aromatic nitrogens is 2. The fraction of sp³-hybridized carbons (Fsp3) is 0.320. The Morgan fingerprint density at radius 2 is 1.88 bits per heavy atom. The Labute approximate surface area is 196 Å². The van der Waals surface area contributed by atoms with Crippen molar-refractivity contribution in [1.82, 2.24) is 15.1 Å². The molecule has 0 aliphatic carbocycles. The number of carbonyl (C=O) groups is 1. The van der Waals surface area contributed by atoms with Gasteiger partial charge in [-0.1, -0.05) is 6.07 Å². The number of carbonyl (C=O) groups excluding carboxylic acids is 1. The Morgan fingerprint density at radius 3 is 2.59 bits per heavy atom. The second-order valence-electron chi connectivity index (χ2n) is 8.08. The van der Waals surface area contributed by atoms with Crippen LogP contribution in [0.4, 0.5) is 10.2 Å². The van der Waals surface area contributed by atoms with E-state index in [4.69, 9.17) is 9.47 Å². The maximum Gasteiger partial charge on any atom is 0.271 e. The van der Waals surface area contributed by atoms with Gasteiger partial charge in [-0.05, 0) is 55.3 Å². The second-order valence-corrected chi connectivity index (χ2v) is 8.08. The van der Waals surface area contributed by atoms with Crippen LogP contribution in [0.1, 0.15) is 18.4 Å². The average Bonchev–Trinajstić information content (AvgIpc) is 2.87. The number of benzene rings is 2. The summed E-state index contributed by atoms with van der Waals surface area (Å²) in [7, 11) is 3.19. The van der Waals surface area contributed by atoms with E-state index in [2.05, 4.69) is 10.4 Å². The maximum absolute atomic E-state index is 13.6. The van der Waals surface area contributed by atoms with Gasteiger partial charge in [0.15, 0.2) is 0 Å². The fourth-order valence-corrected chi connectivity index (χ4v) is 4.08. The molecule has 3 aromatic rings. The first-order valence-electron chi connectivity index (χ1n) is 11.1. The molecule has 0 saturated carbocycles. The molecule has 2 aromatic carbocycles. The summed E-state index contributed by atoms with van der Waals surface area (Å²) in [5.74, 6) is 1.43. The molecule has 0 atom stereocenters. The van der Waals surface area contributed by atoms with Crippen molar-refractivity contribution in [2.24, 2.45) is 5.92 Å². The summed E-state index contributed by atoms with van der Waals surface area (Å²) in [4.78, 5) is 27.1. The Bertz CT molecular complexity index is 1220. The number of anilines is 1. The van der Waals surface area contributed by atoms with E-state index < -0.39 is 5.82 Å². The van der Waals surface area contributed by atoms with Crippen LogP contribution < -0.4 is 25.2 Å². The zero-order valence-electron chi connectivity index (χ0n) is 19.2. The molecule has 0 bridgehead atoms. The van der Waals surface area contributed by atoms with Gasteiger partial charge in [0.25, 0.3) is 5.56 Å². The van der Waals surface area contributed by atoms with Gasteiger partial charge in [0.2, 0.25) is 5.91 Å². The molecule has 1 N–H and O–H groups in total. The monoisotopic (exact) mass is 466 g/mol. The van der Waals surface area contributed by atoms with Gasteiger partial charge in [0.05, 0.1) is 19.9 Å². The number of rotatable bonds is 7. The van der Waals surface area contributed by atoms with Gasteiger partial charge in [0.1, 0.15) is 23.1 Å². The zero-order valence-corrected chi connectivity index (χ0v) is 19.2. The number of ether oxygens (including phenoxy) is 2. The molecule has 9 heteroatoms. The lowest BCUT2D eigenvalue weighted by molar-refractivity contribution is -0.125. The van der Waals surface area contributed by atoms with Crippen LogP contribution >= 0.6 is 0 Å². The van der Waals surface area contributed by atoms with Crippen molar-refractivity contribution >= 4 is 11.7 Å². The van der Waals surface area contributed by atoms with Gasteiger partial charge >= 0.3 is 0 Å². The largest absolute Gasteiger partial charge is 0.497 e. The van der Waals surface area contributed by atoms with Gasteiger partial charge in [0, 0.05) is 37.2 Å². The molecule has 0 spiro atoms. The van der Waals surface area contributed by atoms with Crippen LogP contribution in [0.3, 0.4) is 0 Å². The molecule has 178 valence electrons. The van der Waals surface area contributed by atoms with Gasteiger partial charge in [-0.25, -0.2) is 4.39 Å². The highest BCUT2D eigenvalue weighted by molar-refractivity contribution is 5.79. The molecular formula is C25H27FN4O4. The molecule has 0 radical (unpaired) electrons. The summed E-state index contributed by atoms with van der Waals surface area (Å²) < 4.78 is 25.4. The van der Waals surface area contributed by atoms with Crippen LogP contribution in [0.25, 0.3) is 5.69 Å². The highest BCUT2D eigenvalue weighted by Crippen LogP contribution is 2.25. The lowest BCUT2D eigenvalue weighted by Crippen LogP contribution is -2.41. The number of hydrogen-bond acceptors (Lipinski definition) is 6. The molecule has 2 heterocycles. The summed E-state index contributed by atoms with van der Waals surface area (Å²) >= 11 is 0. The van der Waals surface area contributed by atoms with Crippen molar-refractivity contribution in [2.45, 2.75) is 19.4 Å². The first kappa shape index (κ1) is 23.3. The third-order valence-electron chi connectivity index (χ3n) is 5.97. The lowest BCUT2D eigenvalue weighted by Gasteiger charge is -2.32. The number of nitrogens with one attached hydrogen (secondary N) is 1. The zero-order chi connectivity index (χ0) is 24.1. The van der Waals surface area contributed by atoms with Gasteiger partial charge in [-0.2, -0.15) is 4.68 Å². The number of methoxy groups -OCH3 is 2. The first-order valence-corrected chi connectivity index (χ1v) is 11.1. The Balaban J connectivity index is 1.38. The third-order valence-corrected chi connectivity index (χ3v) is 5.97. The molecule has 0 unspecified atom stereocenters. The standard InChI is InChI=1S/C25H27FN4O4/c1-33-21-6-7-22(34-2)18(14-21)16-27-25(32)17-10-12-29(13-11-17)23-8-9-24(31)30(28-23)20-5-3-4-19(26)15-20/h3-9,14-15,17H,10-13,16H2,1-2H3,(H,27,32). The highest BCUT2D eigenvalue weighted by atomic mass is 19.1. The normalized spacial score (nSPS) is 14.0. The molecule has 1 fully saturated rings. The number of hydrogen-bond donors (Lipinski definition) is 1. The second kappa shape index (κ2) is 10.4. The summed E-state index contributed by atoms with van der Waals surface area (Å²) in [6.07, 6.45) is 1.31. The van der Waals surface area contributed by atoms with E-state index in [1.54, 1.807) is 26.4 Å². The third kappa shape index (κ3) is 5.19. The predicted octanol–water partition coefficient (Wildman–Crippen LogP) is 2.92. The molecule has 1 aliphatic heterocycles. The van der Waals surface area contributed by atoms with E-state index >= 15 is 0 Å². The number of amides is 1. The summed E-state index contributed by atoms with van der Waals surface area (Å²) in [6.45, 7) is 1.59. The van der Waals surface area contributed by atoms with E-state index in [0.29, 0.717) is 55.5 Å². The van der Waals surface area contributed by atoms with E-state index in [-0.39, 0.29) is 17.4 Å². The molecule has 34 heavy (non-hydrogen) atoms. The van der Waals surface area contributed by atoms with Gasteiger partial charge < -0.3 is 19.7 Å². The summed E-state index contributed by atoms with van der Waals surface area (Å²) in [5, 5.41) is 7.43. The summed E-state index contributed by atoms with van der Waals surface area (Å²) in [5.41, 5.74) is 0.877. The molecule has 1 aliphatic rings. The van der Waals surface area contributed by atoms with Crippen molar-refractivity contribution in [2.75, 3.05) is 32.2 Å². The first-order chi connectivity index (χ1) is 16.5. The molecule has 8 nitrogen and oxygen atoms in total. The van der Waals surface area contributed by atoms with Crippen molar-refractivity contribution in [3.8, 4) is 17.2 Å². The molecule has 1 aromatic heterocycles. The number of halogens is 1. The van der Waals surface area contributed by atoms with Crippen LogP contribution in [0.15, 0.2) is 59.4 Å². The molecular weight excluding hydrogens is 439 g/mol. The van der Waals surface area contributed by atoms with Crippen LogP contribution in [-0.2, 0) is 11.3 Å². The average molecular weight is 467 g/mol. The van der Waals surface area contributed by atoms with Crippen molar-refractivity contribution in [3.05, 3.63) is 76.3 Å². The molecule has 1 saturated heterocycles. The van der Waals surface area contributed by atoms with Crippen LogP contribution in [0.5, 0.6) is 11.5 Å². The minimum Gasteiger partial charge on any atom is -0.497 e. The quantitative estimate of drug-likeness (QED) is 0.576. The Kier molecular flexibility index (Phi) is 7.10. The van der Waals surface area contributed by atoms with E-state index in [1.165, 1.54) is 28.9 Å². The Hall–Kier alpha value is -3.88. The van der Waals surface area contributed by atoms with E-state index in [0.717, 1.165) is 5.56 Å². The molecule has 4 rings (SSSR count). The van der Waals surface area contributed by atoms with Gasteiger partial charge in [-0.15, -0.1) is 5.10 Å². The van der Waals surface area contributed by atoms with Gasteiger partial charge in [-0.3, -0.25) is 9.59 Å². The smallest absolute Gasteiger partial charge is 0.271 e. The lowest BCUT2D eigenvalue weighted by atomic mass is 9.96. The predicted molar refractivity (Wildman–Crippen MR) is 126 cm³/mol. The van der Waals surface area contributed by atoms with E-state index in [9.17, 15) is 14.0 Å². The highest BCUT2D eigenvalue weighted by Gasteiger charge is 2.26. The summed E-state index contributed by atoms with van der Waals surface area (Å²) in [6, 6.07) is 14.3. The van der Waals surface area contributed by atoms with Crippen LogP contribution in [0.2, 0.25) is 0 Å². The SMILES string of the molecule is COc1ccc(OC)c(CNC(=O)C2CCN(c3ccc(=O)n(-c4cccc(F)c4)n3)CC2)c1. The minimum absolute atomic E-state index is 0.0118. The van der Waals surface area contributed by atoms with Crippen molar-refractivity contribution < 1.29 is 18.7 Å². The number of piperidine rings is 1.